The fraction of sp³-hybridized carbons (Fsp3) is 1.00. The molecule has 0 amide bonds. The fourth-order valence-electron chi connectivity index (χ4n) is 0.250. The Morgan fingerprint density at radius 3 is 1.00 bits per heavy atom. The van der Waals surface area contributed by atoms with Gasteiger partial charge in [0.25, 0.3) is 0 Å². The van der Waals surface area contributed by atoms with Gasteiger partial charge >= 0.3 is 0 Å². The normalized spacial score (nSPS) is 17.0. The van der Waals surface area contributed by atoms with Crippen LogP contribution in [0.25, 0.3) is 0 Å². The van der Waals surface area contributed by atoms with Crippen LogP contribution in [0.5, 0.6) is 0 Å². The summed E-state index contributed by atoms with van der Waals surface area (Å²) < 4.78 is 0. The monoisotopic (exact) mass is 124 g/mol. The Hall–Kier alpha value is 0.720. The van der Waals surface area contributed by atoms with Gasteiger partial charge in [0.2, 0.25) is 0 Å². The van der Waals surface area contributed by atoms with E-state index >= 15 is 0 Å². The molecule has 1 aliphatic rings. The van der Waals surface area contributed by atoms with Crippen molar-refractivity contribution in [1.29, 1.82) is 0 Å². The lowest BCUT2D eigenvalue weighted by Gasteiger charge is -2.05. The molecule has 1 aliphatic carbocycles. The Morgan fingerprint density at radius 2 is 1.00 bits per heavy atom. The standard InChI is InChI=1S/C4H8.ClH2P/c1-2-4-3-1;1-2/h1-4H2;2H2. The summed E-state index contributed by atoms with van der Waals surface area (Å²) in [5.74, 6) is 0. The van der Waals surface area contributed by atoms with E-state index in [4.69, 9.17) is 0 Å². The summed E-state index contributed by atoms with van der Waals surface area (Å²) in [5.41, 5.74) is 0. The van der Waals surface area contributed by atoms with Crippen molar-refractivity contribution in [2.45, 2.75) is 25.7 Å². The van der Waals surface area contributed by atoms with E-state index < -0.39 is 0 Å². The topological polar surface area (TPSA) is 0 Å². The Kier molecular flexibility index (Phi) is 6.41. The van der Waals surface area contributed by atoms with E-state index in [-0.39, 0.29) is 0 Å². The summed E-state index contributed by atoms with van der Waals surface area (Å²) in [6.07, 6.45) is 6.00. The smallest absolute Gasteiger partial charge is 0.0393 e. The lowest BCUT2D eigenvalue weighted by atomic mass is 10.0. The first-order valence-corrected chi connectivity index (χ1v) is 3.96. The number of hydrogen-bond acceptors (Lipinski definition) is 0. The van der Waals surface area contributed by atoms with E-state index in [9.17, 15) is 0 Å². The molecule has 0 spiro atoms. The van der Waals surface area contributed by atoms with Crippen molar-refractivity contribution in [3.63, 3.8) is 0 Å². The quantitative estimate of drug-likeness (QED) is 0.436. The van der Waals surface area contributed by atoms with Gasteiger partial charge in [0.1, 0.15) is 0 Å². The maximum absolute atomic E-state index is 4.56. The highest BCUT2D eigenvalue weighted by Crippen LogP contribution is 2.15. The van der Waals surface area contributed by atoms with Crippen LogP contribution in [-0.2, 0) is 0 Å². The third-order valence-corrected chi connectivity index (χ3v) is 1.000. The summed E-state index contributed by atoms with van der Waals surface area (Å²) in [4.78, 5) is 0. The highest BCUT2D eigenvalue weighted by atomic mass is 35.7. The maximum atomic E-state index is 4.56. The zero-order valence-corrected chi connectivity index (χ0v) is 5.69. The second kappa shape index (κ2) is 5.72. The van der Waals surface area contributed by atoms with E-state index in [1.54, 1.807) is 0 Å². The lowest BCUT2D eigenvalue weighted by Crippen LogP contribution is -1.85. The van der Waals surface area contributed by atoms with Crippen LogP contribution in [0.2, 0.25) is 0 Å². The van der Waals surface area contributed by atoms with Crippen LogP contribution in [-0.4, -0.2) is 0 Å². The molecular formula is C4H10ClP. The largest absolute Gasteiger partial charge is 0.104 e. The van der Waals surface area contributed by atoms with Crippen LogP contribution in [0.1, 0.15) is 25.7 Å². The Bertz CT molecular complexity index is 15.5. The predicted molar refractivity (Wildman–Crippen MR) is 34.0 cm³/mol. The molecule has 0 heterocycles. The molecule has 0 bridgehead atoms. The average molecular weight is 125 g/mol. The maximum Gasteiger partial charge on any atom is -0.0393 e. The van der Waals surface area contributed by atoms with Gasteiger partial charge in [0.15, 0.2) is 0 Å². The van der Waals surface area contributed by atoms with Crippen molar-refractivity contribution in [3.8, 4) is 0 Å². The first kappa shape index (κ1) is 6.72. The molecule has 0 aromatic heterocycles. The SMILES string of the molecule is C1CCC1.PCl. The molecule has 0 aromatic rings. The van der Waals surface area contributed by atoms with E-state index in [1.807, 2.05) is 8.59 Å². The molecule has 0 nitrogen and oxygen atoms in total. The molecule has 0 aliphatic heterocycles. The number of halogens is 1. The zero-order chi connectivity index (χ0) is 4.83. The summed E-state index contributed by atoms with van der Waals surface area (Å²) in [7, 11) is 1.89. The summed E-state index contributed by atoms with van der Waals surface area (Å²) in [5, 5.41) is 0. The number of rotatable bonds is 0. The summed E-state index contributed by atoms with van der Waals surface area (Å²) >= 11 is 4.56. The molecular weight excluding hydrogens is 114 g/mol. The van der Waals surface area contributed by atoms with Gasteiger partial charge in [-0.3, -0.25) is 0 Å². The summed E-state index contributed by atoms with van der Waals surface area (Å²) in [6.45, 7) is 0. The van der Waals surface area contributed by atoms with E-state index in [0.717, 1.165) is 0 Å². The first-order chi connectivity index (χ1) is 3.00. The van der Waals surface area contributed by atoms with Crippen molar-refractivity contribution in [2.75, 3.05) is 0 Å². The number of hydrogen-bond donors (Lipinski definition) is 0. The second-order valence-electron chi connectivity index (χ2n) is 1.41. The molecule has 1 saturated carbocycles. The van der Waals surface area contributed by atoms with E-state index in [1.165, 1.54) is 25.7 Å². The van der Waals surface area contributed by atoms with Crippen LogP contribution in [0.4, 0.5) is 0 Å². The molecule has 38 valence electrons. The van der Waals surface area contributed by atoms with Crippen molar-refractivity contribution < 1.29 is 0 Å². The van der Waals surface area contributed by atoms with Gasteiger partial charge in [-0.2, -0.15) is 0 Å². The lowest BCUT2D eigenvalue weighted by molar-refractivity contribution is 0.504. The third-order valence-electron chi connectivity index (χ3n) is 1.000. The molecule has 1 unspecified atom stereocenters. The minimum atomic E-state index is 1.50. The Morgan fingerprint density at radius 1 is 0.833 bits per heavy atom. The zero-order valence-electron chi connectivity index (χ0n) is 3.78. The average Bonchev–Trinajstić information content (AvgIpc) is 1.36. The fourth-order valence-corrected chi connectivity index (χ4v) is 0.250. The van der Waals surface area contributed by atoms with Crippen molar-refractivity contribution in [2.24, 2.45) is 0 Å². The van der Waals surface area contributed by atoms with Gasteiger partial charge in [-0.25, -0.2) is 0 Å². The molecule has 0 N–H and O–H groups in total. The van der Waals surface area contributed by atoms with E-state index in [2.05, 4.69) is 11.2 Å². The highest BCUT2D eigenvalue weighted by molar-refractivity contribution is 7.52. The van der Waals surface area contributed by atoms with Crippen molar-refractivity contribution in [3.05, 3.63) is 0 Å². The Balaban J connectivity index is 0.000000112. The molecule has 1 rings (SSSR count). The second-order valence-corrected chi connectivity index (χ2v) is 1.41. The molecule has 1 fully saturated rings. The van der Waals surface area contributed by atoms with Crippen LogP contribution in [0, 0.1) is 0 Å². The van der Waals surface area contributed by atoms with Gasteiger partial charge < -0.3 is 0 Å². The van der Waals surface area contributed by atoms with Gasteiger partial charge in [-0.1, -0.05) is 25.7 Å². The minimum Gasteiger partial charge on any atom is -0.104 e. The van der Waals surface area contributed by atoms with Crippen molar-refractivity contribution >= 4 is 19.8 Å². The highest BCUT2D eigenvalue weighted by Gasteiger charge is 1.95. The minimum absolute atomic E-state index is 1.50. The molecule has 2 heteroatoms. The Labute approximate surface area is 46.3 Å². The van der Waals surface area contributed by atoms with Crippen LogP contribution >= 0.6 is 19.8 Å². The first-order valence-electron chi connectivity index (χ1n) is 2.22. The van der Waals surface area contributed by atoms with Gasteiger partial charge in [0, 0.05) is 0 Å². The van der Waals surface area contributed by atoms with Gasteiger partial charge in [-0.15, -0.1) is 11.2 Å². The van der Waals surface area contributed by atoms with Gasteiger partial charge in [-0.05, 0) is 8.59 Å². The molecule has 1 atom stereocenters. The summed E-state index contributed by atoms with van der Waals surface area (Å²) in [6, 6.07) is 0. The third kappa shape index (κ3) is 2.93. The van der Waals surface area contributed by atoms with E-state index in [0.29, 0.717) is 0 Å². The van der Waals surface area contributed by atoms with Gasteiger partial charge in [0.05, 0.1) is 0 Å². The molecule has 0 aromatic carbocycles. The predicted octanol–water partition coefficient (Wildman–Crippen LogP) is 2.58. The van der Waals surface area contributed by atoms with Crippen molar-refractivity contribution in [1.82, 2.24) is 0 Å². The van der Waals surface area contributed by atoms with Crippen LogP contribution < -0.4 is 0 Å². The molecule has 6 heavy (non-hydrogen) atoms. The molecule has 0 radical (unpaired) electrons. The van der Waals surface area contributed by atoms with Crippen LogP contribution in [0.3, 0.4) is 0 Å². The molecule has 0 saturated heterocycles. The van der Waals surface area contributed by atoms with Crippen LogP contribution in [0.15, 0.2) is 0 Å².